The van der Waals surface area contributed by atoms with Crippen molar-refractivity contribution in [1.82, 2.24) is 10.2 Å². The van der Waals surface area contributed by atoms with Gasteiger partial charge in [-0.25, -0.2) is 0 Å². The lowest BCUT2D eigenvalue weighted by Crippen LogP contribution is -2.50. The predicted molar refractivity (Wildman–Crippen MR) is 140 cm³/mol. The fourth-order valence-corrected chi connectivity index (χ4v) is 4.78. The first-order valence-electron chi connectivity index (χ1n) is 12.1. The molecule has 2 aromatic rings. The Hall–Kier alpha value is -2.34. The third-order valence-electron chi connectivity index (χ3n) is 6.45. The minimum Gasteiger partial charge on any atom is -0.483 e. The van der Waals surface area contributed by atoms with E-state index in [1.165, 1.54) is 5.56 Å². The van der Waals surface area contributed by atoms with E-state index in [4.69, 9.17) is 4.74 Å². The van der Waals surface area contributed by atoms with Crippen molar-refractivity contribution < 1.29 is 14.3 Å². The van der Waals surface area contributed by atoms with Crippen molar-refractivity contribution in [2.45, 2.75) is 84.3 Å². The largest absolute Gasteiger partial charge is 0.483 e. The Morgan fingerprint density at radius 2 is 1.85 bits per heavy atom. The van der Waals surface area contributed by atoms with Gasteiger partial charge in [0, 0.05) is 12.6 Å². The molecule has 0 aromatic heterocycles. The molecule has 1 unspecified atom stereocenters. The second-order valence-electron chi connectivity index (χ2n) is 10.4. The third-order valence-corrected chi connectivity index (χ3v) is 7.07. The molecule has 1 aliphatic rings. The number of ether oxygens (including phenoxy) is 1. The first-order valence-corrected chi connectivity index (χ1v) is 12.9. The Kier molecular flexibility index (Phi) is 8.80. The molecule has 0 radical (unpaired) electrons. The molecule has 184 valence electrons. The normalized spacial score (nSPS) is 15.1. The van der Waals surface area contributed by atoms with Gasteiger partial charge in [0.25, 0.3) is 5.91 Å². The zero-order valence-electron chi connectivity index (χ0n) is 21.0. The topological polar surface area (TPSA) is 58.6 Å². The van der Waals surface area contributed by atoms with Crippen LogP contribution >= 0.6 is 15.9 Å². The highest BCUT2D eigenvalue weighted by Gasteiger charge is 2.29. The number of carbonyl (C=O) groups is 2. The van der Waals surface area contributed by atoms with Crippen molar-refractivity contribution in [1.29, 1.82) is 0 Å². The van der Waals surface area contributed by atoms with Gasteiger partial charge >= 0.3 is 0 Å². The van der Waals surface area contributed by atoms with Crippen LogP contribution in [0.4, 0.5) is 0 Å². The molecule has 0 heterocycles. The van der Waals surface area contributed by atoms with Crippen molar-refractivity contribution in [2.24, 2.45) is 0 Å². The van der Waals surface area contributed by atoms with Crippen LogP contribution in [0.5, 0.6) is 5.75 Å². The lowest BCUT2D eigenvalue weighted by Gasteiger charge is -2.30. The molecular weight excluding hydrogens is 492 g/mol. The van der Waals surface area contributed by atoms with Crippen molar-refractivity contribution in [3.63, 3.8) is 0 Å². The number of benzene rings is 2. The summed E-state index contributed by atoms with van der Waals surface area (Å²) in [6, 6.07) is 13.6. The fourth-order valence-electron chi connectivity index (χ4n) is 4.29. The number of carbonyl (C=O) groups excluding carboxylic acids is 2. The number of amides is 2. The summed E-state index contributed by atoms with van der Waals surface area (Å²) >= 11 is 3.58. The monoisotopic (exact) mass is 528 g/mol. The maximum Gasteiger partial charge on any atom is 0.261 e. The number of rotatable bonds is 8. The Bertz CT molecular complexity index is 1010. The molecule has 34 heavy (non-hydrogen) atoms. The molecule has 1 aliphatic carbocycles. The number of halogens is 1. The van der Waals surface area contributed by atoms with Gasteiger partial charge in [0.05, 0.1) is 4.47 Å². The van der Waals surface area contributed by atoms with Gasteiger partial charge in [0.2, 0.25) is 5.91 Å². The van der Waals surface area contributed by atoms with Gasteiger partial charge in [0.15, 0.2) is 6.61 Å². The molecule has 0 saturated heterocycles. The molecule has 2 amide bonds. The fraction of sp³-hybridized carbons (Fsp3) is 0.500. The minimum absolute atomic E-state index is 0.0175. The molecular formula is C28H37BrN2O3. The van der Waals surface area contributed by atoms with Crippen molar-refractivity contribution in [3.05, 3.63) is 63.6 Å². The molecule has 1 N–H and O–H groups in total. The van der Waals surface area contributed by atoms with E-state index in [0.717, 1.165) is 41.3 Å². The average Bonchev–Trinajstić information content (AvgIpc) is 3.28. The first kappa shape index (κ1) is 26.3. The van der Waals surface area contributed by atoms with Crippen LogP contribution in [0.25, 0.3) is 0 Å². The molecule has 3 rings (SSSR count). The number of nitrogens with one attached hydrogen (secondary N) is 1. The molecule has 1 saturated carbocycles. The van der Waals surface area contributed by atoms with Gasteiger partial charge in [0.1, 0.15) is 11.8 Å². The molecule has 0 spiro atoms. The van der Waals surface area contributed by atoms with E-state index in [-0.39, 0.29) is 29.9 Å². The highest BCUT2D eigenvalue weighted by atomic mass is 79.9. The van der Waals surface area contributed by atoms with Crippen LogP contribution in [0.3, 0.4) is 0 Å². The average molecular weight is 530 g/mol. The standard InChI is InChI=1S/C28H37BrN2O3/c1-19-9-8-10-21(15-19)17-31(20(2)27(33)30-23-11-6-7-12-23)26(32)18-34-25-14-13-22(16-24(25)29)28(3,4)5/h8-10,13-16,20,23H,6-7,11-12,17-18H2,1-5H3,(H,30,33). The zero-order valence-corrected chi connectivity index (χ0v) is 22.6. The number of hydrogen-bond acceptors (Lipinski definition) is 3. The lowest BCUT2D eigenvalue weighted by molar-refractivity contribution is -0.142. The summed E-state index contributed by atoms with van der Waals surface area (Å²) in [5.41, 5.74) is 3.30. The van der Waals surface area contributed by atoms with Gasteiger partial charge in [-0.3, -0.25) is 9.59 Å². The number of hydrogen-bond donors (Lipinski definition) is 1. The van der Waals surface area contributed by atoms with Gasteiger partial charge in [-0.1, -0.05) is 69.5 Å². The van der Waals surface area contributed by atoms with Crippen molar-refractivity contribution in [2.75, 3.05) is 6.61 Å². The Labute approximate surface area is 212 Å². The van der Waals surface area contributed by atoms with Gasteiger partial charge in [-0.2, -0.15) is 0 Å². The predicted octanol–water partition coefficient (Wildman–Crippen LogP) is 5.91. The second-order valence-corrected chi connectivity index (χ2v) is 11.2. The summed E-state index contributed by atoms with van der Waals surface area (Å²) < 4.78 is 6.71. The first-order chi connectivity index (χ1) is 16.0. The quantitative estimate of drug-likeness (QED) is 0.463. The third kappa shape index (κ3) is 7.08. The number of aryl methyl sites for hydroxylation is 1. The summed E-state index contributed by atoms with van der Waals surface area (Å²) in [4.78, 5) is 28.0. The summed E-state index contributed by atoms with van der Waals surface area (Å²) in [5, 5.41) is 3.13. The summed E-state index contributed by atoms with van der Waals surface area (Å²) in [5.74, 6) is 0.283. The van der Waals surface area contributed by atoms with E-state index >= 15 is 0 Å². The molecule has 5 nitrogen and oxygen atoms in total. The summed E-state index contributed by atoms with van der Waals surface area (Å²) in [6.45, 7) is 10.5. The highest BCUT2D eigenvalue weighted by molar-refractivity contribution is 9.10. The molecule has 1 fully saturated rings. The SMILES string of the molecule is Cc1cccc(CN(C(=O)COc2ccc(C(C)(C)C)cc2Br)C(C)C(=O)NC2CCCC2)c1. The van der Waals surface area contributed by atoms with Crippen LogP contribution in [0, 0.1) is 6.92 Å². The van der Waals surface area contributed by atoms with Crippen molar-refractivity contribution >= 4 is 27.7 Å². The van der Waals surface area contributed by atoms with Crippen LogP contribution in [0.15, 0.2) is 46.9 Å². The summed E-state index contributed by atoms with van der Waals surface area (Å²) in [6.07, 6.45) is 4.29. The van der Waals surface area contributed by atoms with E-state index < -0.39 is 6.04 Å². The van der Waals surface area contributed by atoms with Crippen LogP contribution in [0.2, 0.25) is 0 Å². The van der Waals surface area contributed by atoms with Crippen LogP contribution < -0.4 is 10.1 Å². The van der Waals surface area contributed by atoms with E-state index in [1.54, 1.807) is 11.8 Å². The van der Waals surface area contributed by atoms with E-state index in [2.05, 4.69) is 42.0 Å². The maximum atomic E-state index is 13.3. The molecule has 0 bridgehead atoms. The van der Waals surface area contributed by atoms with Crippen LogP contribution in [0.1, 0.15) is 70.1 Å². The maximum absolute atomic E-state index is 13.3. The smallest absolute Gasteiger partial charge is 0.261 e. The summed E-state index contributed by atoms with van der Waals surface area (Å²) in [7, 11) is 0. The van der Waals surface area contributed by atoms with Gasteiger partial charge < -0.3 is 15.0 Å². The minimum atomic E-state index is -0.594. The lowest BCUT2D eigenvalue weighted by atomic mass is 9.87. The van der Waals surface area contributed by atoms with E-state index in [0.29, 0.717) is 12.3 Å². The Balaban J connectivity index is 1.73. The van der Waals surface area contributed by atoms with Gasteiger partial charge in [-0.15, -0.1) is 0 Å². The Morgan fingerprint density at radius 3 is 2.47 bits per heavy atom. The Morgan fingerprint density at radius 1 is 1.15 bits per heavy atom. The van der Waals surface area contributed by atoms with Crippen LogP contribution in [-0.4, -0.2) is 35.4 Å². The van der Waals surface area contributed by atoms with E-state index in [9.17, 15) is 9.59 Å². The highest BCUT2D eigenvalue weighted by Crippen LogP contribution is 2.31. The van der Waals surface area contributed by atoms with E-state index in [1.807, 2.05) is 49.4 Å². The molecule has 6 heteroatoms. The second kappa shape index (κ2) is 11.4. The van der Waals surface area contributed by atoms with Crippen LogP contribution in [-0.2, 0) is 21.5 Å². The van der Waals surface area contributed by atoms with Gasteiger partial charge in [-0.05, 0) is 71.3 Å². The molecule has 0 aliphatic heterocycles. The zero-order chi connectivity index (χ0) is 24.9. The molecule has 2 aromatic carbocycles. The number of nitrogens with zero attached hydrogens (tertiary/aromatic N) is 1. The van der Waals surface area contributed by atoms with Crippen molar-refractivity contribution in [3.8, 4) is 5.75 Å². The molecule has 1 atom stereocenters.